The van der Waals surface area contributed by atoms with Gasteiger partial charge >= 0.3 is 12.0 Å². The van der Waals surface area contributed by atoms with E-state index in [1.807, 2.05) is 6.07 Å². The Kier molecular flexibility index (Phi) is 4.73. The molecular weight excluding hydrogens is 278 g/mol. The van der Waals surface area contributed by atoms with E-state index in [0.29, 0.717) is 12.2 Å². The molecule has 0 bridgehead atoms. The number of hydrogen-bond acceptors (Lipinski definition) is 5. The van der Waals surface area contributed by atoms with E-state index in [9.17, 15) is 14.7 Å². The number of amides is 2. The van der Waals surface area contributed by atoms with Gasteiger partial charge in [0.1, 0.15) is 6.04 Å². The van der Waals surface area contributed by atoms with Crippen molar-refractivity contribution in [2.75, 3.05) is 19.7 Å². The summed E-state index contributed by atoms with van der Waals surface area (Å²) in [7, 11) is 0. The first-order valence-electron chi connectivity index (χ1n) is 6.37. The molecule has 2 amide bonds. The van der Waals surface area contributed by atoms with Gasteiger partial charge in [0.2, 0.25) is 0 Å². The van der Waals surface area contributed by atoms with Crippen molar-refractivity contribution in [1.82, 2.24) is 20.2 Å². The normalized spacial score (nSPS) is 19.6. The highest BCUT2D eigenvalue weighted by molar-refractivity contribution is 5.82. The molecule has 1 aliphatic heterocycles. The third-order valence-corrected chi connectivity index (χ3v) is 3.07. The van der Waals surface area contributed by atoms with Crippen LogP contribution in [0.5, 0.6) is 0 Å². The van der Waals surface area contributed by atoms with Crippen molar-refractivity contribution in [1.29, 1.82) is 5.26 Å². The van der Waals surface area contributed by atoms with Gasteiger partial charge < -0.3 is 25.0 Å². The summed E-state index contributed by atoms with van der Waals surface area (Å²) in [5, 5.41) is 20.4. The third kappa shape index (κ3) is 3.93. The average molecular weight is 293 g/mol. The minimum Gasteiger partial charge on any atom is -0.480 e. The standard InChI is InChI=1S/C12H15N5O4/c13-4-9-6-17(1-2-21-9)12(20)16-10(11(18)19)3-8-5-14-7-15-8/h5,7,9-10H,1-3,6H2,(H,14,15)(H,16,20)(H,18,19)/t9?,10-/m0/s1. The van der Waals surface area contributed by atoms with Crippen molar-refractivity contribution >= 4 is 12.0 Å². The number of ether oxygens (including phenoxy) is 1. The van der Waals surface area contributed by atoms with Crippen molar-refractivity contribution in [3.63, 3.8) is 0 Å². The molecule has 0 aromatic carbocycles. The topological polar surface area (TPSA) is 131 Å². The molecule has 1 aromatic heterocycles. The van der Waals surface area contributed by atoms with Crippen LogP contribution in [0, 0.1) is 11.3 Å². The Morgan fingerprint density at radius 1 is 1.71 bits per heavy atom. The molecule has 1 aromatic rings. The van der Waals surface area contributed by atoms with E-state index in [4.69, 9.17) is 10.00 Å². The second kappa shape index (κ2) is 6.71. The Balaban J connectivity index is 1.95. The predicted octanol–water partition coefficient (Wildman–Crippen LogP) is -0.661. The molecule has 112 valence electrons. The molecule has 1 saturated heterocycles. The highest BCUT2D eigenvalue weighted by Gasteiger charge is 2.28. The van der Waals surface area contributed by atoms with Gasteiger partial charge in [-0.1, -0.05) is 0 Å². The Labute approximate surface area is 120 Å². The maximum absolute atomic E-state index is 12.1. The maximum Gasteiger partial charge on any atom is 0.326 e. The van der Waals surface area contributed by atoms with Crippen LogP contribution in [0.1, 0.15) is 5.69 Å². The Morgan fingerprint density at radius 2 is 2.52 bits per heavy atom. The second-order valence-electron chi connectivity index (χ2n) is 4.56. The minimum absolute atomic E-state index is 0.104. The van der Waals surface area contributed by atoms with Gasteiger partial charge in [-0.25, -0.2) is 14.6 Å². The average Bonchev–Trinajstić information content (AvgIpc) is 2.99. The van der Waals surface area contributed by atoms with E-state index in [0.717, 1.165) is 0 Å². The quantitative estimate of drug-likeness (QED) is 0.675. The van der Waals surface area contributed by atoms with Crippen LogP contribution in [0.4, 0.5) is 4.79 Å². The Hall–Kier alpha value is -2.60. The molecule has 1 aliphatic rings. The number of carboxylic acid groups (broad SMARTS) is 1. The lowest BCUT2D eigenvalue weighted by Gasteiger charge is -2.30. The fourth-order valence-electron chi connectivity index (χ4n) is 1.97. The SMILES string of the molecule is N#CC1CN(C(=O)N[C@@H](Cc2cnc[nH]2)C(=O)O)CCO1. The first-order chi connectivity index (χ1) is 10.1. The molecule has 0 saturated carbocycles. The van der Waals surface area contributed by atoms with Crippen LogP contribution in [0.15, 0.2) is 12.5 Å². The fraction of sp³-hybridized carbons (Fsp3) is 0.500. The first-order valence-corrected chi connectivity index (χ1v) is 6.37. The lowest BCUT2D eigenvalue weighted by molar-refractivity contribution is -0.139. The molecule has 21 heavy (non-hydrogen) atoms. The number of nitriles is 1. The van der Waals surface area contributed by atoms with Crippen molar-refractivity contribution < 1.29 is 19.4 Å². The summed E-state index contributed by atoms with van der Waals surface area (Å²) >= 11 is 0. The van der Waals surface area contributed by atoms with E-state index < -0.39 is 24.1 Å². The van der Waals surface area contributed by atoms with Gasteiger partial charge in [-0.15, -0.1) is 0 Å². The van der Waals surface area contributed by atoms with Crippen molar-refractivity contribution in [3.05, 3.63) is 18.2 Å². The zero-order valence-electron chi connectivity index (χ0n) is 11.2. The summed E-state index contributed by atoms with van der Waals surface area (Å²) in [6.45, 7) is 0.697. The highest BCUT2D eigenvalue weighted by Crippen LogP contribution is 2.06. The number of carbonyl (C=O) groups excluding carboxylic acids is 1. The van der Waals surface area contributed by atoms with Crippen LogP contribution in [-0.4, -0.2) is 63.8 Å². The number of hydrogen-bond donors (Lipinski definition) is 3. The van der Waals surface area contributed by atoms with Gasteiger partial charge in [0.25, 0.3) is 0 Å². The summed E-state index contributed by atoms with van der Waals surface area (Å²) in [6.07, 6.45) is 2.37. The van der Waals surface area contributed by atoms with E-state index in [-0.39, 0.29) is 19.6 Å². The maximum atomic E-state index is 12.1. The Bertz CT molecular complexity index is 538. The molecule has 2 atom stereocenters. The van der Waals surface area contributed by atoms with E-state index in [2.05, 4.69) is 15.3 Å². The molecule has 0 aliphatic carbocycles. The zero-order chi connectivity index (χ0) is 15.2. The van der Waals surface area contributed by atoms with Gasteiger partial charge in [-0.2, -0.15) is 5.26 Å². The zero-order valence-corrected chi connectivity index (χ0v) is 11.2. The van der Waals surface area contributed by atoms with Crippen LogP contribution in [0.2, 0.25) is 0 Å². The number of carbonyl (C=O) groups is 2. The van der Waals surface area contributed by atoms with Gasteiger partial charge in [-0.3, -0.25) is 0 Å². The number of morpholine rings is 1. The van der Waals surface area contributed by atoms with Crippen LogP contribution < -0.4 is 5.32 Å². The largest absolute Gasteiger partial charge is 0.480 e. The number of nitrogens with zero attached hydrogens (tertiary/aromatic N) is 3. The van der Waals surface area contributed by atoms with Gasteiger partial charge in [0, 0.05) is 24.9 Å². The summed E-state index contributed by atoms with van der Waals surface area (Å²) in [4.78, 5) is 31.2. The Morgan fingerprint density at radius 3 is 3.14 bits per heavy atom. The number of aliphatic carboxylic acids is 1. The molecule has 0 radical (unpaired) electrons. The molecule has 9 heteroatoms. The van der Waals surface area contributed by atoms with Crippen LogP contribution >= 0.6 is 0 Å². The lowest BCUT2D eigenvalue weighted by atomic mass is 10.1. The number of aromatic amines is 1. The summed E-state index contributed by atoms with van der Waals surface area (Å²) in [5.74, 6) is -1.14. The predicted molar refractivity (Wildman–Crippen MR) is 69.2 cm³/mol. The van der Waals surface area contributed by atoms with Gasteiger partial charge in [0.15, 0.2) is 6.10 Å². The third-order valence-electron chi connectivity index (χ3n) is 3.07. The van der Waals surface area contributed by atoms with E-state index in [1.54, 1.807) is 0 Å². The lowest BCUT2D eigenvalue weighted by Crippen LogP contribution is -2.53. The van der Waals surface area contributed by atoms with E-state index in [1.165, 1.54) is 17.4 Å². The highest BCUT2D eigenvalue weighted by atomic mass is 16.5. The van der Waals surface area contributed by atoms with Crippen molar-refractivity contribution in [3.8, 4) is 6.07 Å². The molecule has 3 N–H and O–H groups in total. The number of carboxylic acids is 1. The summed E-state index contributed by atoms with van der Waals surface area (Å²) in [6, 6.07) is 0.337. The molecule has 9 nitrogen and oxygen atoms in total. The second-order valence-corrected chi connectivity index (χ2v) is 4.56. The number of aromatic nitrogens is 2. The number of nitrogens with one attached hydrogen (secondary N) is 2. The van der Waals surface area contributed by atoms with Crippen molar-refractivity contribution in [2.24, 2.45) is 0 Å². The smallest absolute Gasteiger partial charge is 0.326 e. The van der Waals surface area contributed by atoms with Crippen molar-refractivity contribution in [2.45, 2.75) is 18.6 Å². The van der Waals surface area contributed by atoms with Gasteiger partial charge in [0.05, 0.1) is 25.5 Å². The molecule has 2 rings (SSSR count). The molecule has 1 fully saturated rings. The first kappa shape index (κ1) is 14.8. The molecule has 2 heterocycles. The van der Waals surface area contributed by atoms with Crippen LogP contribution in [0.25, 0.3) is 0 Å². The molecular formula is C12H15N5O4. The molecule has 0 spiro atoms. The monoisotopic (exact) mass is 293 g/mol. The number of urea groups is 1. The number of imidazole rings is 1. The molecule has 1 unspecified atom stereocenters. The van der Waals surface area contributed by atoms with Gasteiger partial charge in [-0.05, 0) is 0 Å². The van der Waals surface area contributed by atoms with E-state index >= 15 is 0 Å². The fourth-order valence-corrected chi connectivity index (χ4v) is 1.97. The number of H-pyrrole nitrogens is 1. The number of rotatable bonds is 4. The van der Waals surface area contributed by atoms with Crippen LogP contribution in [-0.2, 0) is 16.0 Å². The summed E-state index contributed by atoms with van der Waals surface area (Å²) in [5.41, 5.74) is 0.611. The van der Waals surface area contributed by atoms with Crippen LogP contribution in [0.3, 0.4) is 0 Å². The minimum atomic E-state index is -1.14. The summed E-state index contributed by atoms with van der Waals surface area (Å²) < 4.78 is 5.13.